The molecule has 17 heavy (non-hydrogen) atoms. The van der Waals surface area contributed by atoms with Gasteiger partial charge < -0.3 is 34.9 Å². The van der Waals surface area contributed by atoms with Crippen LogP contribution in [0.2, 0.25) is 0 Å². The first-order valence-corrected chi connectivity index (χ1v) is 5.78. The summed E-state index contributed by atoms with van der Waals surface area (Å²) in [5.41, 5.74) is 0. The second kappa shape index (κ2) is 6.90. The first-order chi connectivity index (χ1) is 7.26. The molecule has 0 radical (unpaired) electrons. The molecule has 11 heteroatoms. The zero-order valence-corrected chi connectivity index (χ0v) is 11.8. The molecule has 6 atom stereocenters. The molecule has 0 amide bonds. The van der Waals surface area contributed by atoms with Crippen LogP contribution in [0.3, 0.4) is 0 Å². The largest absolute Gasteiger partial charge is 1.00 e. The van der Waals surface area contributed by atoms with Crippen molar-refractivity contribution in [2.45, 2.75) is 30.7 Å². The van der Waals surface area contributed by atoms with E-state index in [0.717, 1.165) is 0 Å². The third-order valence-electron chi connectivity index (χ3n) is 2.09. The van der Waals surface area contributed by atoms with Crippen LogP contribution in [-0.2, 0) is 13.8 Å². The van der Waals surface area contributed by atoms with Crippen LogP contribution in [0.4, 0.5) is 0 Å². The van der Waals surface area contributed by atoms with Crippen molar-refractivity contribution >= 4 is 7.82 Å². The fraction of sp³-hybridized carbons (Fsp3) is 1.00. The summed E-state index contributed by atoms with van der Waals surface area (Å²) in [6, 6.07) is 0. The van der Waals surface area contributed by atoms with Gasteiger partial charge in [0.15, 0.2) is 6.29 Å². The van der Waals surface area contributed by atoms with Crippen molar-refractivity contribution in [3.8, 4) is 0 Å². The third kappa shape index (κ3) is 4.83. The molecule has 0 spiro atoms. The second-order valence-corrected chi connectivity index (χ2v) is 4.42. The van der Waals surface area contributed by atoms with Gasteiger partial charge in [0.1, 0.15) is 24.4 Å². The number of phosphoric acid groups is 1. The molecule has 1 aliphatic heterocycles. The average Bonchev–Trinajstić information content (AvgIpc) is 2.17. The third-order valence-corrected chi connectivity index (χ3v) is 2.56. The van der Waals surface area contributed by atoms with Gasteiger partial charge in [-0.25, -0.2) is 0 Å². The van der Waals surface area contributed by atoms with E-state index >= 15 is 0 Å². The molecule has 1 rings (SSSR count). The fourth-order valence-corrected chi connectivity index (χ4v) is 1.72. The SMILES string of the molecule is O=P([O-])(O)OC1O[C@H](CO)[C@@H](O)[C@H](O)[C@@H]1O.[Na+]. The number of rotatable bonds is 3. The van der Waals surface area contributed by atoms with E-state index in [1.165, 1.54) is 0 Å². The van der Waals surface area contributed by atoms with Gasteiger partial charge in [0.25, 0.3) is 7.82 Å². The Bertz CT molecular complexity index is 281. The van der Waals surface area contributed by atoms with Gasteiger partial charge in [-0.15, -0.1) is 0 Å². The summed E-state index contributed by atoms with van der Waals surface area (Å²) in [6.07, 6.45) is -8.43. The van der Waals surface area contributed by atoms with E-state index in [9.17, 15) is 24.8 Å². The average molecular weight is 282 g/mol. The Balaban J connectivity index is 0.00000256. The van der Waals surface area contributed by atoms with Gasteiger partial charge in [0.2, 0.25) is 0 Å². The standard InChI is InChI=1S/C6H13O9P.Na/c7-1-2-3(8)4(9)5(10)6(14-2)15-16(11,12)13;/h2-10H,1H2,(H2,11,12,13);/q;+1/p-1/t2-,3-,4+,5+,6?;/m1./s1. The predicted octanol–water partition coefficient (Wildman–Crippen LogP) is -6.73. The molecule has 0 aromatic heterocycles. The van der Waals surface area contributed by atoms with Gasteiger partial charge in [-0.3, -0.25) is 9.09 Å². The summed E-state index contributed by atoms with van der Waals surface area (Å²) in [7, 11) is -5.16. The van der Waals surface area contributed by atoms with Crippen molar-refractivity contribution in [2.24, 2.45) is 0 Å². The summed E-state index contributed by atoms with van der Waals surface area (Å²) in [5.74, 6) is 0. The number of ether oxygens (including phenoxy) is 1. The van der Waals surface area contributed by atoms with E-state index in [1.807, 2.05) is 0 Å². The topological polar surface area (TPSA) is 160 Å². The normalized spacial score (nSPS) is 41.4. The van der Waals surface area contributed by atoms with E-state index in [2.05, 4.69) is 9.26 Å². The van der Waals surface area contributed by atoms with E-state index in [-0.39, 0.29) is 29.6 Å². The minimum Gasteiger partial charge on any atom is -0.756 e. The Morgan fingerprint density at radius 1 is 1.24 bits per heavy atom. The van der Waals surface area contributed by atoms with Crippen LogP contribution >= 0.6 is 7.82 Å². The molecule has 1 aliphatic rings. The van der Waals surface area contributed by atoms with Gasteiger partial charge in [-0.05, 0) is 0 Å². The monoisotopic (exact) mass is 282 g/mol. The minimum atomic E-state index is -5.16. The molecule has 0 aliphatic carbocycles. The molecule has 1 saturated heterocycles. The maximum Gasteiger partial charge on any atom is 1.00 e. The van der Waals surface area contributed by atoms with Gasteiger partial charge in [0.05, 0.1) is 6.61 Å². The number of phosphoric ester groups is 1. The summed E-state index contributed by atoms with van der Waals surface area (Å²) in [4.78, 5) is 18.8. The van der Waals surface area contributed by atoms with Gasteiger partial charge >= 0.3 is 29.6 Å². The summed E-state index contributed by atoms with van der Waals surface area (Å²) >= 11 is 0. The smallest absolute Gasteiger partial charge is 0.756 e. The molecule has 0 saturated carbocycles. The zero-order chi connectivity index (χ0) is 12.5. The molecule has 0 aromatic carbocycles. The number of aliphatic hydroxyl groups is 4. The first-order valence-electron chi connectivity index (χ1n) is 4.29. The Morgan fingerprint density at radius 3 is 2.18 bits per heavy atom. The Hall–Kier alpha value is 0.910. The maximum atomic E-state index is 10.4. The van der Waals surface area contributed by atoms with Crippen LogP contribution in [0.25, 0.3) is 0 Å². The number of aliphatic hydroxyl groups excluding tert-OH is 4. The molecule has 0 aromatic rings. The molecule has 2 unspecified atom stereocenters. The molecule has 96 valence electrons. The van der Waals surface area contributed by atoms with Gasteiger partial charge in [-0.2, -0.15) is 0 Å². The molecule has 5 N–H and O–H groups in total. The Morgan fingerprint density at radius 2 is 1.76 bits per heavy atom. The Kier molecular flexibility index (Phi) is 7.27. The predicted molar refractivity (Wildman–Crippen MR) is 44.7 cm³/mol. The van der Waals surface area contributed by atoms with Crippen LogP contribution in [-0.4, -0.2) is 62.6 Å². The maximum absolute atomic E-state index is 10.4. The minimum absolute atomic E-state index is 0. The van der Waals surface area contributed by atoms with Crippen molar-refractivity contribution in [2.75, 3.05) is 6.61 Å². The molecule has 0 bridgehead atoms. The van der Waals surface area contributed by atoms with Crippen LogP contribution in [0.1, 0.15) is 0 Å². The molecule has 9 nitrogen and oxygen atoms in total. The van der Waals surface area contributed by atoms with Crippen molar-refractivity contribution in [3.05, 3.63) is 0 Å². The quantitative estimate of drug-likeness (QED) is 0.250. The Labute approximate surface area is 119 Å². The van der Waals surface area contributed by atoms with E-state index in [1.54, 1.807) is 0 Å². The zero-order valence-electron chi connectivity index (χ0n) is 8.91. The van der Waals surface area contributed by atoms with Crippen LogP contribution < -0.4 is 34.5 Å². The van der Waals surface area contributed by atoms with Gasteiger partial charge in [-0.1, -0.05) is 0 Å². The van der Waals surface area contributed by atoms with Crippen molar-refractivity contribution in [1.82, 2.24) is 0 Å². The summed E-state index contributed by atoms with van der Waals surface area (Å²) in [6.45, 7) is -0.723. The van der Waals surface area contributed by atoms with Crippen molar-refractivity contribution < 1.29 is 73.6 Å². The number of hydrogen-bond acceptors (Lipinski definition) is 8. The van der Waals surface area contributed by atoms with Gasteiger partial charge in [0, 0.05) is 0 Å². The molecule has 1 heterocycles. The first kappa shape index (κ1) is 17.9. The van der Waals surface area contributed by atoms with Crippen LogP contribution in [0.15, 0.2) is 0 Å². The van der Waals surface area contributed by atoms with E-state index in [4.69, 9.17) is 10.00 Å². The van der Waals surface area contributed by atoms with Crippen LogP contribution in [0.5, 0.6) is 0 Å². The van der Waals surface area contributed by atoms with E-state index in [0.29, 0.717) is 0 Å². The molecular formula is C6H12NaO9P. The van der Waals surface area contributed by atoms with E-state index < -0.39 is 45.1 Å². The summed E-state index contributed by atoms with van der Waals surface area (Å²) < 4.78 is 19.0. The second-order valence-electron chi connectivity index (χ2n) is 3.27. The van der Waals surface area contributed by atoms with Crippen molar-refractivity contribution in [1.29, 1.82) is 0 Å². The molecule has 1 fully saturated rings. The molecular weight excluding hydrogens is 270 g/mol. The summed E-state index contributed by atoms with van der Waals surface area (Å²) in [5, 5.41) is 36.5. The fourth-order valence-electron chi connectivity index (χ4n) is 1.29. The number of hydrogen-bond donors (Lipinski definition) is 5. The van der Waals surface area contributed by atoms with Crippen molar-refractivity contribution in [3.63, 3.8) is 0 Å². The van der Waals surface area contributed by atoms with Crippen LogP contribution in [0, 0.1) is 0 Å².